The summed E-state index contributed by atoms with van der Waals surface area (Å²) in [6.45, 7) is 0.729. The van der Waals surface area contributed by atoms with Gasteiger partial charge in [0.2, 0.25) is 0 Å². The second-order valence-electron chi connectivity index (χ2n) is 7.77. The maximum Gasteiger partial charge on any atom is 0.174 e. The van der Waals surface area contributed by atoms with Crippen LogP contribution in [0.3, 0.4) is 0 Å². The molecule has 0 unspecified atom stereocenters. The zero-order valence-corrected chi connectivity index (χ0v) is 17.2. The van der Waals surface area contributed by atoms with Gasteiger partial charge < -0.3 is 24.9 Å². The molecule has 158 valence electrons. The molecule has 0 aromatic carbocycles. The summed E-state index contributed by atoms with van der Waals surface area (Å²) in [7, 11) is 1.62. The largest absolute Gasteiger partial charge is 0.386 e. The molecule has 1 aliphatic rings. The highest BCUT2D eigenvalue weighted by molar-refractivity contribution is 6.01. The molecule has 1 saturated carbocycles. The second kappa shape index (κ2) is 9.13. The molecule has 3 N–H and O–H groups in total. The van der Waals surface area contributed by atoms with Gasteiger partial charge in [0.25, 0.3) is 0 Å². The Labute approximate surface area is 174 Å². The van der Waals surface area contributed by atoms with Gasteiger partial charge in [0.15, 0.2) is 12.4 Å². The molecule has 0 radical (unpaired) electrons. The predicted molar refractivity (Wildman–Crippen MR) is 114 cm³/mol. The van der Waals surface area contributed by atoms with E-state index >= 15 is 0 Å². The first-order valence-electron chi connectivity index (χ1n) is 10.3. The first-order valence-corrected chi connectivity index (χ1v) is 10.3. The molecule has 0 amide bonds. The Hall–Kier alpha value is -3.12. The summed E-state index contributed by atoms with van der Waals surface area (Å²) in [6, 6.07) is 4.66. The van der Waals surface area contributed by atoms with E-state index in [1.165, 1.54) is 0 Å². The number of hydrogen-bond donors (Lipinski definition) is 2. The molecule has 0 aliphatic heterocycles. The van der Waals surface area contributed by atoms with Gasteiger partial charge in [0.1, 0.15) is 17.0 Å². The summed E-state index contributed by atoms with van der Waals surface area (Å²) in [6.07, 6.45) is 8.96. The van der Waals surface area contributed by atoms with Crippen molar-refractivity contribution in [2.45, 2.75) is 51.2 Å². The van der Waals surface area contributed by atoms with Crippen LogP contribution in [0.25, 0.3) is 22.1 Å². The van der Waals surface area contributed by atoms with Crippen molar-refractivity contribution in [1.82, 2.24) is 19.5 Å². The van der Waals surface area contributed by atoms with E-state index in [9.17, 15) is 0 Å². The van der Waals surface area contributed by atoms with Crippen molar-refractivity contribution in [2.24, 2.45) is 16.8 Å². The lowest BCUT2D eigenvalue weighted by molar-refractivity contribution is 0.117. The molecule has 9 nitrogen and oxygen atoms in total. The van der Waals surface area contributed by atoms with Crippen molar-refractivity contribution in [3.63, 3.8) is 0 Å². The molecule has 4 rings (SSSR count). The van der Waals surface area contributed by atoms with Gasteiger partial charge in [0, 0.05) is 37.6 Å². The molecular weight excluding hydrogens is 382 g/mol. The number of nitrogens with two attached hydrogens (primary N) is 1. The number of methoxy groups -OCH3 is 1. The van der Waals surface area contributed by atoms with E-state index in [0.29, 0.717) is 37.2 Å². The third kappa shape index (κ3) is 4.09. The zero-order chi connectivity index (χ0) is 20.9. The number of rotatable bonds is 8. The first kappa shape index (κ1) is 20.2. The van der Waals surface area contributed by atoms with Crippen LogP contribution in [0.1, 0.15) is 50.4 Å². The number of aromatic amines is 1. The lowest BCUT2D eigenvalue weighted by Gasteiger charge is -2.29. The fourth-order valence-corrected chi connectivity index (χ4v) is 4.30. The predicted octanol–water partition coefficient (Wildman–Crippen LogP) is 3.38. The van der Waals surface area contributed by atoms with E-state index in [1.54, 1.807) is 13.3 Å². The molecule has 30 heavy (non-hydrogen) atoms. The third-order valence-electron chi connectivity index (χ3n) is 5.81. The standard InChI is InChI=1S/C21H27N7O2/c1-29-11-8-18(23)27-30-13-19-26-17-12-25-21-16(7-10-24-21)20(17)28(19)15-4-2-14(3-5-15)6-9-22/h7,10,12,14-15H,2-6,8,11,13H2,1H3,(H2,23,27)(H,24,25)/t14-,15-. The van der Waals surface area contributed by atoms with E-state index in [1.807, 2.05) is 12.3 Å². The van der Waals surface area contributed by atoms with Crippen LogP contribution in [0.2, 0.25) is 0 Å². The smallest absolute Gasteiger partial charge is 0.174 e. The van der Waals surface area contributed by atoms with E-state index in [2.05, 4.69) is 25.8 Å². The number of hydrogen-bond acceptors (Lipinski definition) is 6. The number of amidine groups is 1. The van der Waals surface area contributed by atoms with Crippen LogP contribution < -0.4 is 5.73 Å². The van der Waals surface area contributed by atoms with E-state index < -0.39 is 0 Å². The maximum absolute atomic E-state index is 9.02. The van der Waals surface area contributed by atoms with Gasteiger partial charge >= 0.3 is 0 Å². The van der Waals surface area contributed by atoms with Crippen molar-refractivity contribution in [3.8, 4) is 6.07 Å². The van der Waals surface area contributed by atoms with Crippen molar-refractivity contribution < 1.29 is 9.57 Å². The van der Waals surface area contributed by atoms with Gasteiger partial charge in [0.05, 0.1) is 24.4 Å². The van der Waals surface area contributed by atoms with Crippen molar-refractivity contribution in [2.75, 3.05) is 13.7 Å². The van der Waals surface area contributed by atoms with Crippen LogP contribution in [-0.4, -0.2) is 39.1 Å². The Kier molecular flexibility index (Phi) is 6.14. The maximum atomic E-state index is 9.02. The van der Waals surface area contributed by atoms with E-state index in [-0.39, 0.29) is 6.61 Å². The van der Waals surface area contributed by atoms with Crippen LogP contribution in [-0.2, 0) is 16.2 Å². The van der Waals surface area contributed by atoms with Crippen LogP contribution in [0.4, 0.5) is 0 Å². The Bertz CT molecular complexity index is 1070. The average molecular weight is 409 g/mol. The minimum Gasteiger partial charge on any atom is -0.386 e. The summed E-state index contributed by atoms with van der Waals surface area (Å²) in [5.41, 5.74) is 8.62. The fraction of sp³-hybridized carbons (Fsp3) is 0.524. The van der Waals surface area contributed by atoms with E-state index in [4.69, 9.17) is 25.6 Å². The van der Waals surface area contributed by atoms with Crippen molar-refractivity contribution >= 4 is 27.9 Å². The Morgan fingerprint density at radius 3 is 3.00 bits per heavy atom. The molecular formula is C21H27N7O2. The van der Waals surface area contributed by atoms with E-state index in [0.717, 1.165) is 53.6 Å². The molecule has 0 bridgehead atoms. The molecule has 1 fully saturated rings. The Balaban J connectivity index is 1.64. The highest BCUT2D eigenvalue weighted by atomic mass is 16.6. The third-order valence-corrected chi connectivity index (χ3v) is 5.81. The molecule has 1 aliphatic carbocycles. The lowest BCUT2D eigenvalue weighted by Crippen LogP contribution is -2.20. The minimum absolute atomic E-state index is 0.229. The Morgan fingerprint density at radius 2 is 2.23 bits per heavy atom. The number of fused-ring (bicyclic) bond motifs is 3. The molecule has 9 heteroatoms. The van der Waals surface area contributed by atoms with Crippen LogP contribution in [0.5, 0.6) is 0 Å². The Morgan fingerprint density at radius 1 is 1.40 bits per heavy atom. The number of ether oxygens (including phenoxy) is 1. The van der Waals surface area contributed by atoms with Crippen molar-refractivity contribution in [3.05, 3.63) is 24.3 Å². The molecule has 3 aromatic rings. The summed E-state index contributed by atoms with van der Waals surface area (Å²) >= 11 is 0. The monoisotopic (exact) mass is 409 g/mol. The topological polar surface area (TPSA) is 127 Å². The number of nitrogens with one attached hydrogen (secondary N) is 1. The van der Waals surface area contributed by atoms with Gasteiger partial charge in [-0.05, 0) is 37.7 Å². The molecule has 0 saturated heterocycles. The van der Waals surface area contributed by atoms with Crippen LogP contribution >= 0.6 is 0 Å². The average Bonchev–Trinajstić information content (AvgIpc) is 3.37. The van der Waals surface area contributed by atoms with Crippen LogP contribution in [0.15, 0.2) is 23.6 Å². The van der Waals surface area contributed by atoms with Crippen LogP contribution in [0, 0.1) is 17.2 Å². The summed E-state index contributed by atoms with van der Waals surface area (Å²) < 4.78 is 7.30. The SMILES string of the molecule is COCC/C(N)=N/OCc1nc2cnc3[nH]ccc3c2n1[C@H]1CC[C@H](CC#N)CC1. The van der Waals surface area contributed by atoms with Gasteiger partial charge in [-0.3, -0.25) is 0 Å². The van der Waals surface area contributed by atoms with Gasteiger partial charge in [-0.1, -0.05) is 5.16 Å². The molecule has 0 spiro atoms. The number of nitriles is 1. The zero-order valence-electron chi connectivity index (χ0n) is 17.2. The lowest BCUT2D eigenvalue weighted by atomic mass is 9.84. The second-order valence-corrected chi connectivity index (χ2v) is 7.77. The number of pyridine rings is 1. The van der Waals surface area contributed by atoms with Gasteiger partial charge in [-0.15, -0.1) is 0 Å². The normalized spacial score (nSPS) is 19.9. The molecule has 0 atom stereocenters. The highest BCUT2D eigenvalue weighted by Crippen LogP contribution is 2.38. The van der Waals surface area contributed by atoms with Gasteiger partial charge in [-0.2, -0.15) is 5.26 Å². The first-order chi connectivity index (χ1) is 14.7. The number of nitrogens with zero attached hydrogens (tertiary/aromatic N) is 5. The summed E-state index contributed by atoms with van der Waals surface area (Å²) in [5, 5.41) is 14.1. The summed E-state index contributed by atoms with van der Waals surface area (Å²) in [5.74, 6) is 1.69. The van der Waals surface area contributed by atoms with Gasteiger partial charge in [-0.25, -0.2) is 9.97 Å². The fourth-order valence-electron chi connectivity index (χ4n) is 4.30. The number of aromatic nitrogens is 4. The van der Waals surface area contributed by atoms with Crippen molar-refractivity contribution in [1.29, 1.82) is 5.26 Å². The highest BCUT2D eigenvalue weighted by Gasteiger charge is 2.27. The number of oxime groups is 1. The number of H-pyrrole nitrogens is 1. The number of imidazole rings is 1. The minimum atomic E-state index is 0.229. The molecule has 3 heterocycles. The summed E-state index contributed by atoms with van der Waals surface area (Å²) in [4.78, 5) is 18.0. The quantitative estimate of drug-likeness (QED) is 0.333. The molecule has 3 aromatic heterocycles.